The standard InChI is InChI=1S/C18H20N4O2S/c1-3-24-17-13(7-6-10-19-17)11-20-18(23)22(2)12-16-21-14-8-4-5-9-15(14)25-16/h4-10H,3,11-12H2,1-2H3,(H,20,23). The van der Waals surface area contributed by atoms with Gasteiger partial charge in [0, 0.05) is 25.4 Å². The van der Waals surface area contributed by atoms with Crippen LogP contribution in [0.15, 0.2) is 42.6 Å². The third kappa shape index (κ3) is 4.24. The zero-order chi connectivity index (χ0) is 17.6. The van der Waals surface area contributed by atoms with E-state index in [1.807, 2.05) is 43.3 Å². The minimum Gasteiger partial charge on any atom is -0.478 e. The van der Waals surface area contributed by atoms with E-state index in [1.54, 1.807) is 29.5 Å². The van der Waals surface area contributed by atoms with Crippen LogP contribution in [-0.2, 0) is 13.1 Å². The van der Waals surface area contributed by atoms with Gasteiger partial charge in [0.1, 0.15) is 5.01 Å². The lowest BCUT2D eigenvalue weighted by Gasteiger charge is -2.17. The SMILES string of the molecule is CCOc1ncccc1CNC(=O)N(C)Cc1nc2ccccc2s1. The van der Waals surface area contributed by atoms with Gasteiger partial charge in [-0.2, -0.15) is 0 Å². The van der Waals surface area contributed by atoms with Crippen molar-refractivity contribution >= 4 is 27.6 Å². The molecule has 25 heavy (non-hydrogen) atoms. The van der Waals surface area contributed by atoms with Crippen LogP contribution in [-0.4, -0.2) is 34.6 Å². The highest BCUT2D eigenvalue weighted by Gasteiger charge is 2.13. The van der Waals surface area contributed by atoms with Crippen molar-refractivity contribution in [3.05, 3.63) is 53.2 Å². The molecule has 0 unspecified atom stereocenters. The molecule has 0 saturated carbocycles. The molecule has 2 heterocycles. The van der Waals surface area contributed by atoms with E-state index in [2.05, 4.69) is 15.3 Å². The Morgan fingerprint density at radius 1 is 1.28 bits per heavy atom. The molecular weight excluding hydrogens is 336 g/mol. The number of pyridine rings is 1. The van der Waals surface area contributed by atoms with Gasteiger partial charge in [-0.25, -0.2) is 14.8 Å². The first-order chi connectivity index (χ1) is 12.2. The largest absolute Gasteiger partial charge is 0.478 e. The molecule has 0 saturated heterocycles. The van der Waals surface area contributed by atoms with E-state index >= 15 is 0 Å². The van der Waals surface area contributed by atoms with E-state index in [-0.39, 0.29) is 6.03 Å². The van der Waals surface area contributed by atoms with Crippen molar-refractivity contribution < 1.29 is 9.53 Å². The van der Waals surface area contributed by atoms with Crippen LogP contribution < -0.4 is 10.1 Å². The zero-order valence-corrected chi connectivity index (χ0v) is 15.0. The monoisotopic (exact) mass is 356 g/mol. The normalized spacial score (nSPS) is 10.6. The van der Waals surface area contributed by atoms with Crippen molar-refractivity contribution in [3.63, 3.8) is 0 Å². The lowest BCUT2D eigenvalue weighted by molar-refractivity contribution is 0.206. The quantitative estimate of drug-likeness (QED) is 0.735. The van der Waals surface area contributed by atoms with E-state index < -0.39 is 0 Å². The average Bonchev–Trinajstić information content (AvgIpc) is 3.03. The van der Waals surface area contributed by atoms with Crippen LogP contribution in [0.2, 0.25) is 0 Å². The molecular formula is C18H20N4O2S. The summed E-state index contributed by atoms with van der Waals surface area (Å²) < 4.78 is 6.60. The number of fused-ring (bicyclic) bond motifs is 1. The maximum Gasteiger partial charge on any atom is 0.317 e. The van der Waals surface area contributed by atoms with E-state index in [9.17, 15) is 4.79 Å². The molecule has 0 radical (unpaired) electrons. The average molecular weight is 356 g/mol. The van der Waals surface area contributed by atoms with Crippen LogP contribution in [0.25, 0.3) is 10.2 Å². The first kappa shape index (κ1) is 17.2. The van der Waals surface area contributed by atoms with Crippen molar-refractivity contribution in [2.24, 2.45) is 0 Å². The second-order valence-electron chi connectivity index (χ2n) is 5.49. The summed E-state index contributed by atoms with van der Waals surface area (Å²) in [5.74, 6) is 0.555. The molecule has 0 aliphatic carbocycles. The maximum absolute atomic E-state index is 12.3. The van der Waals surface area contributed by atoms with Gasteiger partial charge in [-0.05, 0) is 25.1 Å². The Morgan fingerprint density at radius 3 is 2.92 bits per heavy atom. The van der Waals surface area contributed by atoms with Crippen molar-refractivity contribution in [1.82, 2.24) is 20.2 Å². The fourth-order valence-electron chi connectivity index (χ4n) is 2.39. The molecule has 3 aromatic rings. The van der Waals surface area contributed by atoms with Gasteiger partial charge in [-0.1, -0.05) is 18.2 Å². The van der Waals surface area contributed by atoms with Gasteiger partial charge in [0.05, 0.1) is 23.4 Å². The second-order valence-corrected chi connectivity index (χ2v) is 6.61. The van der Waals surface area contributed by atoms with E-state index in [4.69, 9.17) is 4.74 Å². The van der Waals surface area contributed by atoms with Crippen molar-refractivity contribution in [2.75, 3.05) is 13.7 Å². The number of carbonyl (C=O) groups excluding carboxylic acids is 1. The molecule has 6 nitrogen and oxygen atoms in total. The Bertz CT molecular complexity index is 832. The number of nitrogens with zero attached hydrogens (tertiary/aromatic N) is 3. The number of rotatable bonds is 6. The summed E-state index contributed by atoms with van der Waals surface area (Å²) in [6.07, 6.45) is 1.68. The highest BCUT2D eigenvalue weighted by molar-refractivity contribution is 7.18. The molecule has 0 spiro atoms. The first-order valence-corrected chi connectivity index (χ1v) is 8.89. The summed E-state index contributed by atoms with van der Waals surface area (Å²) in [4.78, 5) is 22.7. The van der Waals surface area contributed by atoms with Crippen LogP contribution in [0.1, 0.15) is 17.5 Å². The van der Waals surface area contributed by atoms with Gasteiger partial charge in [0.25, 0.3) is 0 Å². The Morgan fingerprint density at radius 2 is 2.12 bits per heavy atom. The molecule has 0 aliphatic rings. The number of hydrogen-bond acceptors (Lipinski definition) is 5. The molecule has 130 valence electrons. The minimum absolute atomic E-state index is 0.162. The number of carbonyl (C=O) groups is 1. The zero-order valence-electron chi connectivity index (χ0n) is 14.2. The summed E-state index contributed by atoms with van der Waals surface area (Å²) >= 11 is 1.60. The lowest BCUT2D eigenvalue weighted by Crippen LogP contribution is -2.36. The number of hydrogen-bond donors (Lipinski definition) is 1. The Kier molecular flexibility index (Phi) is 5.45. The number of urea groups is 1. The molecule has 1 aromatic carbocycles. The molecule has 7 heteroatoms. The molecule has 0 fully saturated rings. The molecule has 3 rings (SSSR count). The topological polar surface area (TPSA) is 67.3 Å². The Balaban J connectivity index is 1.59. The predicted octanol–water partition coefficient (Wildman–Crippen LogP) is 3.43. The van der Waals surface area contributed by atoms with Crippen LogP contribution in [0.3, 0.4) is 0 Å². The van der Waals surface area contributed by atoms with E-state index in [0.29, 0.717) is 25.6 Å². The molecule has 0 bridgehead atoms. The van der Waals surface area contributed by atoms with Gasteiger partial charge in [0.15, 0.2) is 0 Å². The number of aromatic nitrogens is 2. The highest BCUT2D eigenvalue weighted by Crippen LogP contribution is 2.22. The van der Waals surface area contributed by atoms with E-state index in [1.165, 1.54) is 0 Å². The first-order valence-electron chi connectivity index (χ1n) is 8.07. The smallest absolute Gasteiger partial charge is 0.317 e. The van der Waals surface area contributed by atoms with Crippen molar-refractivity contribution in [2.45, 2.75) is 20.0 Å². The summed E-state index contributed by atoms with van der Waals surface area (Å²) in [6, 6.07) is 11.5. The number of para-hydroxylation sites is 1. The highest BCUT2D eigenvalue weighted by atomic mass is 32.1. The molecule has 1 N–H and O–H groups in total. The summed E-state index contributed by atoms with van der Waals surface area (Å²) in [7, 11) is 1.76. The van der Waals surface area contributed by atoms with Gasteiger partial charge >= 0.3 is 6.03 Å². The van der Waals surface area contributed by atoms with Gasteiger partial charge in [-0.15, -0.1) is 11.3 Å². The van der Waals surface area contributed by atoms with Crippen LogP contribution >= 0.6 is 11.3 Å². The van der Waals surface area contributed by atoms with Crippen molar-refractivity contribution in [1.29, 1.82) is 0 Å². The molecule has 0 atom stereocenters. The van der Waals surface area contributed by atoms with Gasteiger partial charge < -0.3 is 15.0 Å². The number of benzene rings is 1. The van der Waals surface area contributed by atoms with Crippen LogP contribution in [0, 0.1) is 0 Å². The second kappa shape index (κ2) is 7.94. The molecule has 0 aliphatic heterocycles. The maximum atomic E-state index is 12.3. The fraction of sp³-hybridized carbons (Fsp3) is 0.278. The fourth-order valence-corrected chi connectivity index (χ4v) is 3.41. The summed E-state index contributed by atoms with van der Waals surface area (Å²) in [5.41, 5.74) is 1.82. The summed E-state index contributed by atoms with van der Waals surface area (Å²) in [5, 5.41) is 3.81. The number of nitrogens with one attached hydrogen (secondary N) is 1. The van der Waals surface area contributed by atoms with Gasteiger partial charge in [-0.3, -0.25) is 0 Å². The predicted molar refractivity (Wildman–Crippen MR) is 98.7 cm³/mol. The Hall–Kier alpha value is -2.67. The number of thiazole rings is 1. The third-order valence-electron chi connectivity index (χ3n) is 3.62. The van der Waals surface area contributed by atoms with E-state index in [0.717, 1.165) is 20.8 Å². The third-order valence-corrected chi connectivity index (χ3v) is 4.64. The number of amides is 2. The minimum atomic E-state index is -0.162. The van der Waals surface area contributed by atoms with Crippen LogP contribution in [0.5, 0.6) is 5.88 Å². The van der Waals surface area contributed by atoms with Crippen LogP contribution in [0.4, 0.5) is 4.79 Å². The van der Waals surface area contributed by atoms with Gasteiger partial charge in [0.2, 0.25) is 5.88 Å². The Labute approximate surface area is 150 Å². The van der Waals surface area contributed by atoms with Crippen molar-refractivity contribution in [3.8, 4) is 5.88 Å². The molecule has 2 aromatic heterocycles. The lowest BCUT2D eigenvalue weighted by atomic mass is 10.2. The molecule has 2 amide bonds. The summed E-state index contributed by atoms with van der Waals surface area (Å²) in [6.45, 7) is 3.28. The number of ether oxygens (including phenoxy) is 1.